The van der Waals surface area contributed by atoms with Crippen LogP contribution in [-0.2, 0) is 16.0 Å². The first-order valence-corrected chi connectivity index (χ1v) is 9.96. The summed E-state index contributed by atoms with van der Waals surface area (Å²) in [5.41, 5.74) is 3.43. The van der Waals surface area contributed by atoms with Crippen LogP contribution in [0.25, 0.3) is 12.2 Å². The predicted molar refractivity (Wildman–Crippen MR) is 115 cm³/mol. The zero-order valence-corrected chi connectivity index (χ0v) is 17.3. The van der Waals surface area contributed by atoms with Gasteiger partial charge in [-0.05, 0) is 59.7 Å². The number of allylic oxidation sites excluding steroid dienone is 2. The van der Waals surface area contributed by atoms with Gasteiger partial charge in [0, 0.05) is 11.1 Å². The number of Topliss-reactive ketones (excluding diaryl/α,β-unsaturated/α-hetero) is 1. The third kappa shape index (κ3) is 6.20. The molecular formula is C25H21F3O4. The van der Waals surface area contributed by atoms with E-state index < -0.39 is 18.1 Å². The molecule has 0 saturated heterocycles. The molecule has 0 aromatic heterocycles. The molecular weight excluding hydrogens is 421 g/mol. The molecule has 1 N–H and O–H groups in total. The monoisotopic (exact) mass is 442 g/mol. The van der Waals surface area contributed by atoms with Crippen molar-refractivity contribution < 1.29 is 32.6 Å². The molecule has 0 spiro atoms. The van der Waals surface area contributed by atoms with E-state index in [9.17, 15) is 22.8 Å². The number of rotatable bonds is 6. The number of carbonyl (C=O) groups is 2. The number of hydrogen-bond donors (Lipinski definition) is 1. The Labute approximate surface area is 183 Å². The Balaban J connectivity index is 1.79. The van der Waals surface area contributed by atoms with Gasteiger partial charge >= 0.3 is 18.1 Å². The van der Waals surface area contributed by atoms with E-state index in [0.717, 1.165) is 5.56 Å². The Morgan fingerprint density at radius 3 is 1.94 bits per heavy atom. The molecule has 0 radical (unpaired) electrons. The standard InChI is InChI=1S/C25H21F3O4/c1-15-10-19(12-16-2-4-18(5-3-16)14-22(29)30)23(31)20(11-15)13-17-6-8-21(9-7-17)32-25(28)24(26)27/h2-9,12-13,15H,10-11,14H2,1H3,(H,29,30). The quantitative estimate of drug-likeness (QED) is 0.428. The molecule has 2 aromatic carbocycles. The van der Waals surface area contributed by atoms with Gasteiger partial charge in [-0.25, -0.2) is 0 Å². The smallest absolute Gasteiger partial charge is 0.344 e. The second-order valence-electron chi connectivity index (χ2n) is 7.70. The van der Waals surface area contributed by atoms with Gasteiger partial charge in [0.25, 0.3) is 0 Å². The SMILES string of the molecule is CC1CC(=Cc2ccc(CC(=O)O)cc2)C(=O)C(=Cc2ccc(OC(F)=C(F)F)cc2)C1. The number of hydrogen-bond acceptors (Lipinski definition) is 3. The lowest BCUT2D eigenvalue weighted by atomic mass is 9.81. The van der Waals surface area contributed by atoms with Gasteiger partial charge in [0.05, 0.1) is 6.42 Å². The Kier molecular flexibility index (Phi) is 7.30. The molecule has 3 rings (SSSR count). The maximum atomic E-state index is 13.0. The average Bonchev–Trinajstić information content (AvgIpc) is 2.73. The number of ketones is 1. The van der Waals surface area contributed by atoms with Crippen LogP contribution in [0.15, 0.2) is 71.8 Å². The minimum absolute atomic E-state index is 0.0603. The van der Waals surface area contributed by atoms with Crippen LogP contribution in [0, 0.1) is 5.92 Å². The van der Waals surface area contributed by atoms with Crippen LogP contribution in [0.5, 0.6) is 5.75 Å². The summed E-state index contributed by atoms with van der Waals surface area (Å²) in [5, 5.41) is 8.87. The number of aliphatic carboxylic acids is 1. The molecule has 0 amide bonds. The summed E-state index contributed by atoms with van der Waals surface area (Å²) in [6.45, 7) is 2.04. The van der Waals surface area contributed by atoms with Crippen molar-refractivity contribution in [3.8, 4) is 5.75 Å². The number of carboxylic acids is 1. The van der Waals surface area contributed by atoms with E-state index in [2.05, 4.69) is 4.74 Å². The topological polar surface area (TPSA) is 63.6 Å². The molecule has 7 heteroatoms. The van der Waals surface area contributed by atoms with Gasteiger partial charge in [0.1, 0.15) is 5.75 Å². The van der Waals surface area contributed by atoms with Crippen LogP contribution in [0.3, 0.4) is 0 Å². The lowest BCUT2D eigenvalue weighted by Crippen LogP contribution is -2.18. The van der Waals surface area contributed by atoms with E-state index in [1.165, 1.54) is 12.1 Å². The van der Waals surface area contributed by atoms with Crippen LogP contribution in [-0.4, -0.2) is 16.9 Å². The number of halogens is 3. The number of benzene rings is 2. The van der Waals surface area contributed by atoms with E-state index >= 15 is 0 Å². The zero-order valence-electron chi connectivity index (χ0n) is 17.3. The van der Waals surface area contributed by atoms with E-state index in [1.807, 2.05) is 13.0 Å². The van der Waals surface area contributed by atoms with Gasteiger partial charge in [-0.1, -0.05) is 43.3 Å². The molecule has 166 valence electrons. The molecule has 1 aliphatic carbocycles. The number of carboxylic acid groups (broad SMARTS) is 1. The van der Waals surface area contributed by atoms with Crippen molar-refractivity contribution in [2.45, 2.75) is 26.2 Å². The Bertz CT molecular complexity index is 1090. The first kappa shape index (κ1) is 23.1. The third-order valence-corrected chi connectivity index (χ3v) is 4.97. The summed E-state index contributed by atoms with van der Waals surface area (Å²) in [6, 6.07) is 10.9. The molecule has 0 heterocycles. The molecule has 0 bridgehead atoms. The Morgan fingerprint density at radius 1 is 0.969 bits per heavy atom. The van der Waals surface area contributed by atoms with Crippen molar-refractivity contribution >= 4 is 23.9 Å². The lowest BCUT2D eigenvalue weighted by Gasteiger charge is -2.22. The normalized spacial score (nSPS) is 18.6. The van der Waals surface area contributed by atoms with Crippen molar-refractivity contribution in [3.05, 3.63) is 88.5 Å². The molecule has 1 aliphatic rings. The molecule has 1 unspecified atom stereocenters. The number of ether oxygens (including phenoxy) is 1. The average molecular weight is 442 g/mol. The summed E-state index contributed by atoms with van der Waals surface area (Å²) in [6.07, 6.45) is 2.17. The molecule has 2 aromatic rings. The highest BCUT2D eigenvalue weighted by atomic mass is 19.3. The van der Waals surface area contributed by atoms with E-state index in [0.29, 0.717) is 35.1 Å². The molecule has 1 atom stereocenters. The highest BCUT2D eigenvalue weighted by Crippen LogP contribution is 2.32. The number of carbonyl (C=O) groups excluding carboxylic acids is 1. The molecule has 0 aliphatic heterocycles. The fourth-order valence-electron chi connectivity index (χ4n) is 3.55. The first-order valence-electron chi connectivity index (χ1n) is 9.96. The van der Waals surface area contributed by atoms with Crippen molar-refractivity contribution in [1.29, 1.82) is 0 Å². The highest BCUT2D eigenvalue weighted by Gasteiger charge is 2.25. The second-order valence-corrected chi connectivity index (χ2v) is 7.70. The van der Waals surface area contributed by atoms with Gasteiger partial charge in [0.15, 0.2) is 5.78 Å². The van der Waals surface area contributed by atoms with Crippen molar-refractivity contribution in [3.63, 3.8) is 0 Å². The van der Waals surface area contributed by atoms with Crippen LogP contribution >= 0.6 is 0 Å². The van der Waals surface area contributed by atoms with Gasteiger partial charge in [0.2, 0.25) is 0 Å². The highest BCUT2D eigenvalue weighted by molar-refractivity contribution is 6.14. The summed E-state index contributed by atoms with van der Waals surface area (Å²) >= 11 is 0. The van der Waals surface area contributed by atoms with Crippen LogP contribution in [0.2, 0.25) is 0 Å². The maximum Gasteiger partial charge on any atom is 0.344 e. The third-order valence-electron chi connectivity index (χ3n) is 4.97. The van der Waals surface area contributed by atoms with Gasteiger partial charge < -0.3 is 9.84 Å². The van der Waals surface area contributed by atoms with Crippen LogP contribution < -0.4 is 4.74 Å². The minimum Gasteiger partial charge on any atom is -0.481 e. The summed E-state index contributed by atoms with van der Waals surface area (Å²) < 4.78 is 41.6. The lowest BCUT2D eigenvalue weighted by molar-refractivity contribution is -0.136. The summed E-state index contributed by atoms with van der Waals surface area (Å²) in [7, 11) is 0. The van der Waals surface area contributed by atoms with Crippen molar-refractivity contribution in [1.82, 2.24) is 0 Å². The fourth-order valence-corrected chi connectivity index (χ4v) is 3.55. The van der Waals surface area contributed by atoms with E-state index in [1.54, 1.807) is 42.5 Å². The second kappa shape index (κ2) is 10.1. The maximum absolute atomic E-state index is 13.0. The minimum atomic E-state index is -2.53. The van der Waals surface area contributed by atoms with Gasteiger partial charge in [-0.3, -0.25) is 9.59 Å². The molecule has 32 heavy (non-hydrogen) atoms. The first-order chi connectivity index (χ1) is 15.2. The Morgan fingerprint density at radius 2 is 1.47 bits per heavy atom. The molecule has 4 nitrogen and oxygen atoms in total. The van der Waals surface area contributed by atoms with Crippen LogP contribution in [0.4, 0.5) is 13.2 Å². The van der Waals surface area contributed by atoms with Crippen LogP contribution in [0.1, 0.15) is 36.5 Å². The van der Waals surface area contributed by atoms with Crippen molar-refractivity contribution in [2.75, 3.05) is 0 Å². The summed E-state index contributed by atoms with van der Waals surface area (Å²) in [5.74, 6) is -0.817. The fraction of sp³-hybridized carbons (Fsp3) is 0.200. The Hall–Kier alpha value is -3.61. The van der Waals surface area contributed by atoms with Gasteiger partial charge in [-0.15, -0.1) is 0 Å². The summed E-state index contributed by atoms with van der Waals surface area (Å²) in [4.78, 5) is 23.8. The molecule has 1 saturated carbocycles. The zero-order chi connectivity index (χ0) is 23.3. The molecule has 1 fully saturated rings. The van der Waals surface area contributed by atoms with Crippen molar-refractivity contribution in [2.24, 2.45) is 5.92 Å². The van der Waals surface area contributed by atoms with E-state index in [-0.39, 0.29) is 23.9 Å². The van der Waals surface area contributed by atoms with E-state index in [4.69, 9.17) is 5.11 Å². The predicted octanol–water partition coefficient (Wildman–Crippen LogP) is 6.19. The largest absolute Gasteiger partial charge is 0.481 e. The van der Waals surface area contributed by atoms with Gasteiger partial charge in [-0.2, -0.15) is 13.2 Å².